The maximum absolute atomic E-state index is 5.54. The van der Waals surface area contributed by atoms with Crippen molar-refractivity contribution in [2.45, 2.75) is 6.92 Å². The Morgan fingerprint density at radius 2 is 1.89 bits per heavy atom. The first kappa shape index (κ1) is 10.9. The van der Waals surface area contributed by atoms with Crippen molar-refractivity contribution in [2.75, 3.05) is 18.5 Å². The van der Waals surface area contributed by atoms with Crippen LogP contribution in [0.2, 0.25) is 0 Å². The van der Waals surface area contributed by atoms with Crippen molar-refractivity contribution >= 4 is 11.5 Å². The molecular formula is C14H14N2O2. The maximum Gasteiger partial charge on any atom is 0.163 e. The van der Waals surface area contributed by atoms with Crippen molar-refractivity contribution in [3.63, 3.8) is 0 Å². The first-order valence-electron chi connectivity index (χ1n) is 5.90. The second-order valence-electron chi connectivity index (χ2n) is 4.20. The molecule has 0 atom stereocenters. The molecule has 0 radical (unpaired) electrons. The quantitative estimate of drug-likeness (QED) is 0.879. The molecule has 2 aromatic rings. The number of anilines is 2. The number of hydrogen-bond donors (Lipinski definition) is 1. The molecule has 0 unspecified atom stereocenters. The van der Waals surface area contributed by atoms with Crippen LogP contribution in [0.25, 0.3) is 0 Å². The number of rotatable bonds is 2. The third-order valence-electron chi connectivity index (χ3n) is 2.73. The predicted molar refractivity (Wildman–Crippen MR) is 69.7 cm³/mol. The molecule has 0 fully saturated rings. The minimum Gasteiger partial charge on any atom is -0.486 e. The number of hydrogen-bond acceptors (Lipinski definition) is 4. The number of aromatic nitrogens is 1. The standard InChI is InChI=1S/C14H14N2O2/c1-10-4-5-15-14(8-10)16-11-2-3-12-13(9-11)18-7-6-17-12/h2-5,8-9H,6-7H2,1H3,(H,15,16). The second kappa shape index (κ2) is 4.56. The van der Waals surface area contributed by atoms with Crippen molar-refractivity contribution in [2.24, 2.45) is 0 Å². The monoisotopic (exact) mass is 242 g/mol. The molecule has 0 aliphatic carbocycles. The van der Waals surface area contributed by atoms with E-state index < -0.39 is 0 Å². The average molecular weight is 242 g/mol. The van der Waals surface area contributed by atoms with E-state index in [9.17, 15) is 0 Å². The minimum absolute atomic E-state index is 0.596. The fourth-order valence-electron chi connectivity index (χ4n) is 1.87. The summed E-state index contributed by atoms with van der Waals surface area (Å²) in [5, 5.41) is 3.25. The smallest absolute Gasteiger partial charge is 0.163 e. The van der Waals surface area contributed by atoms with Crippen molar-refractivity contribution in [3.8, 4) is 11.5 Å². The van der Waals surface area contributed by atoms with Gasteiger partial charge in [-0.05, 0) is 36.8 Å². The van der Waals surface area contributed by atoms with Gasteiger partial charge < -0.3 is 14.8 Å². The number of fused-ring (bicyclic) bond motifs is 1. The molecule has 4 heteroatoms. The molecule has 1 aliphatic heterocycles. The van der Waals surface area contributed by atoms with Crippen LogP contribution in [-0.4, -0.2) is 18.2 Å². The Morgan fingerprint density at radius 3 is 2.72 bits per heavy atom. The molecule has 1 aromatic heterocycles. The lowest BCUT2D eigenvalue weighted by Gasteiger charge is -2.19. The number of nitrogens with one attached hydrogen (secondary N) is 1. The van der Waals surface area contributed by atoms with Crippen molar-refractivity contribution in [3.05, 3.63) is 42.1 Å². The van der Waals surface area contributed by atoms with E-state index in [1.54, 1.807) is 6.20 Å². The van der Waals surface area contributed by atoms with Crippen LogP contribution in [0, 0.1) is 6.92 Å². The van der Waals surface area contributed by atoms with Crippen molar-refractivity contribution in [1.82, 2.24) is 4.98 Å². The van der Waals surface area contributed by atoms with E-state index in [-0.39, 0.29) is 0 Å². The number of ether oxygens (including phenoxy) is 2. The molecule has 0 saturated heterocycles. The highest BCUT2D eigenvalue weighted by Crippen LogP contribution is 2.33. The summed E-state index contributed by atoms with van der Waals surface area (Å²) < 4.78 is 11.0. The third kappa shape index (κ3) is 2.22. The first-order chi connectivity index (χ1) is 8.81. The Balaban J connectivity index is 1.85. The number of benzene rings is 1. The molecule has 1 N–H and O–H groups in total. The van der Waals surface area contributed by atoms with Crippen LogP contribution in [0.5, 0.6) is 11.5 Å². The minimum atomic E-state index is 0.596. The summed E-state index contributed by atoms with van der Waals surface area (Å²) in [6, 6.07) is 9.76. The van der Waals surface area contributed by atoms with Gasteiger partial charge in [0, 0.05) is 18.0 Å². The van der Waals surface area contributed by atoms with Crippen LogP contribution in [0.15, 0.2) is 36.5 Å². The first-order valence-corrected chi connectivity index (χ1v) is 5.90. The van der Waals surface area contributed by atoms with Crippen LogP contribution in [0.4, 0.5) is 11.5 Å². The fourth-order valence-corrected chi connectivity index (χ4v) is 1.87. The molecule has 0 spiro atoms. The van der Waals surface area contributed by atoms with Gasteiger partial charge in [0.2, 0.25) is 0 Å². The van der Waals surface area contributed by atoms with Gasteiger partial charge in [0.05, 0.1) is 0 Å². The summed E-state index contributed by atoms with van der Waals surface area (Å²) in [7, 11) is 0. The molecule has 1 aliphatic rings. The lowest BCUT2D eigenvalue weighted by molar-refractivity contribution is 0.171. The highest BCUT2D eigenvalue weighted by molar-refractivity contribution is 5.61. The molecule has 0 saturated carbocycles. The zero-order valence-electron chi connectivity index (χ0n) is 10.1. The van der Waals surface area contributed by atoms with E-state index in [0.29, 0.717) is 13.2 Å². The Kier molecular flexibility index (Phi) is 2.76. The molecule has 0 amide bonds. The van der Waals surface area contributed by atoms with Gasteiger partial charge in [-0.2, -0.15) is 0 Å². The normalized spacial score (nSPS) is 13.2. The van der Waals surface area contributed by atoms with E-state index in [1.165, 1.54) is 5.56 Å². The predicted octanol–water partition coefficient (Wildman–Crippen LogP) is 2.90. The maximum atomic E-state index is 5.54. The fraction of sp³-hybridized carbons (Fsp3) is 0.214. The molecular weight excluding hydrogens is 228 g/mol. The summed E-state index contributed by atoms with van der Waals surface area (Å²) >= 11 is 0. The molecule has 92 valence electrons. The van der Waals surface area contributed by atoms with E-state index >= 15 is 0 Å². The second-order valence-corrected chi connectivity index (χ2v) is 4.20. The Hall–Kier alpha value is -2.23. The Labute approximate surface area is 106 Å². The number of pyridine rings is 1. The highest BCUT2D eigenvalue weighted by atomic mass is 16.6. The lowest BCUT2D eigenvalue weighted by atomic mass is 10.2. The van der Waals surface area contributed by atoms with Gasteiger partial charge in [0.25, 0.3) is 0 Å². The van der Waals surface area contributed by atoms with Crippen LogP contribution >= 0.6 is 0 Å². The topological polar surface area (TPSA) is 43.4 Å². The average Bonchev–Trinajstić information content (AvgIpc) is 2.39. The number of aryl methyl sites for hydroxylation is 1. The molecule has 18 heavy (non-hydrogen) atoms. The molecule has 2 heterocycles. The van der Waals surface area contributed by atoms with E-state index in [2.05, 4.69) is 10.3 Å². The lowest BCUT2D eigenvalue weighted by Crippen LogP contribution is -2.15. The SMILES string of the molecule is Cc1ccnc(Nc2ccc3c(c2)OCCO3)c1. The Morgan fingerprint density at radius 1 is 1.06 bits per heavy atom. The van der Waals surface area contributed by atoms with Crippen LogP contribution in [0.1, 0.15) is 5.56 Å². The molecule has 0 bridgehead atoms. The Bertz CT molecular complexity index is 569. The van der Waals surface area contributed by atoms with Gasteiger partial charge in [-0.15, -0.1) is 0 Å². The zero-order valence-corrected chi connectivity index (χ0v) is 10.1. The van der Waals surface area contributed by atoms with Crippen molar-refractivity contribution in [1.29, 1.82) is 0 Å². The van der Waals surface area contributed by atoms with Gasteiger partial charge in [-0.3, -0.25) is 0 Å². The molecule has 4 nitrogen and oxygen atoms in total. The van der Waals surface area contributed by atoms with E-state index in [4.69, 9.17) is 9.47 Å². The van der Waals surface area contributed by atoms with Gasteiger partial charge in [0.1, 0.15) is 19.0 Å². The third-order valence-corrected chi connectivity index (χ3v) is 2.73. The summed E-state index contributed by atoms with van der Waals surface area (Å²) in [5.74, 6) is 2.40. The van der Waals surface area contributed by atoms with Crippen LogP contribution in [0.3, 0.4) is 0 Å². The summed E-state index contributed by atoms with van der Waals surface area (Å²) in [5.41, 5.74) is 2.11. The van der Waals surface area contributed by atoms with E-state index in [1.807, 2.05) is 37.3 Å². The highest BCUT2D eigenvalue weighted by Gasteiger charge is 2.11. The van der Waals surface area contributed by atoms with Gasteiger partial charge in [-0.1, -0.05) is 0 Å². The molecule has 1 aromatic carbocycles. The van der Waals surface area contributed by atoms with Gasteiger partial charge in [-0.25, -0.2) is 4.98 Å². The van der Waals surface area contributed by atoms with Crippen molar-refractivity contribution < 1.29 is 9.47 Å². The molecule has 3 rings (SSSR count). The summed E-state index contributed by atoms with van der Waals surface area (Å²) in [6.07, 6.45) is 1.79. The largest absolute Gasteiger partial charge is 0.486 e. The zero-order chi connectivity index (χ0) is 12.4. The van der Waals surface area contributed by atoms with Gasteiger partial charge in [0.15, 0.2) is 11.5 Å². The van der Waals surface area contributed by atoms with E-state index in [0.717, 1.165) is 23.0 Å². The van der Waals surface area contributed by atoms with Gasteiger partial charge >= 0.3 is 0 Å². The summed E-state index contributed by atoms with van der Waals surface area (Å²) in [6.45, 7) is 3.25. The number of nitrogens with zero attached hydrogens (tertiary/aromatic N) is 1. The van der Waals surface area contributed by atoms with Crippen LogP contribution in [-0.2, 0) is 0 Å². The van der Waals surface area contributed by atoms with Crippen LogP contribution < -0.4 is 14.8 Å². The summed E-state index contributed by atoms with van der Waals surface area (Å²) in [4.78, 5) is 4.26.